The van der Waals surface area contributed by atoms with Crippen molar-refractivity contribution in [2.45, 2.75) is 58.7 Å². The summed E-state index contributed by atoms with van der Waals surface area (Å²) in [5.41, 5.74) is 1.35. The zero-order chi connectivity index (χ0) is 12.7. The maximum Gasteiger partial charge on any atom is 0.122 e. The Hall–Kier alpha value is -1.02. The molecule has 0 aliphatic rings. The molecule has 0 spiro atoms. The van der Waals surface area contributed by atoms with Gasteiger partial charge in [-0.1, -0.05) is 32.4 Å². The molecular formula is C15H24O2. The number of rotatable bonds is 7. The fourth-order valence-corrected chi connectivity index (χ4v) is 1.74. The molecule has 0 aliphatic carbocycles. The summed E-state index contributed by atoms with van der Waals surface area (Å²) in [6.07, 6.45) is 3.75. The standard InChI is InChI=1S/C15H24O2/c1-4-6-7-13-8-10-14(11-9-13)17-12(3)15(16)5-2/h8-12,15-16H,4-7H2,1-3H3. The number of aliphatic hydroxyl groups is 1. The molecule has 2 atom stereocenters. The Morgan fingerprint density at radius 1 is 1.18 bits per heavy atom. The van der Waals surface area contributed by atoms with Crippen molar-refractivity contribution < 1.29 is 9.84 Å². The van der Waals surface area contributed by atoms with Gasteiger partial charge in [0.05, 0.1) is 6.10 Å². The van der Waals surface area contributed by atoms with Crippen molar-refractivity contribution in [3.05, 3.63) is 29.8 Å². The van der Waals surface area contributed by atoms with E-state index < -0.39 is 6.10 Å². The second kappa shape index (κ2) is 7.33. The highest BCUT2D eigenvalue weighted by Gasteiger charge is 2.13. The molecule has 0 amide bonds. The number of aliphatic hydroxyl groups excluding tert-OH is 1. The molecule has 0 bridgehead atoms. The topological polar surface area (TPSA) is 29.5 Å². The third-order valence-electron chi connectivity index (χ3n) is 3.02. The van der Waals surface area contributed by atoms with E-state index in [-0.39, 0.29) is 6.10 Å². The van der Waals surface area contributed by atoms with Crippen LogP contribution in [-0.4, -0.2) is 17.3 Å². The number of hydrogen-bond donors (Lipinski definition) is 1. The summed E-state index contributed by atoms with van der Waals surface area (Å²) in [6.45, 7) is 6.06. The first-order valence-electron chi connectivity index (χ1n) is 6.61. The first kappa shape index (κ1) is 14.0. The van der Waals surface area contributed by atoms with Crippen LogP contribution >= 0.6 is 0 Å². The molecule has 1 N–H and O–H groups in total. The predicted octanol–water partition coefficient (Wildman–Crippen LogP) is 3.57. The normalized spacial score (nSPS) is 14.4. The zero-order valence-corrected chi connectivity index (χ0v) is 11.1. The lowest BCUT2D eigenvalue weighted by Crippen LogP contribution is -2.27. The van der Waals surface area contributed by atoms with Gasteiger partial charge < -0.3 is 9.84 Å². The Bertz CT molecular complexity index is 305. The average molecular weight is 236 g/mol. The highest BCUT2D eigenvalue weighted by atomic mass is 16.5. The highest BCUT2D eigenvalue weighted by molar-refractivity contribution is 5.27. The molecule has 17 heavy (non-hydrogen) atoms. The van der Waals surface area contributed by atoms with Gasteiger partial charge in [-0.15, -0.1) is 0 Å². The fourth-order valence-electron chi connectivity index (χ4n) is 1.74. The van der Waals surface area contributed by atoms with Gasteiger partial charge in [-0.3, -0.25) is 0 Å². The summed E-state index contributed by atoms with van der Waals surface area (Å²) >= 11 is 0. The van der Waals surface area contributed by atoms with E-state index in [1.807, 2.05) is 26.0 Å². The maximum absolute atomic E-state index is 9.63. The van der Waals surface area contributed by atoms with Crippen LogP contribution in [0.3, 0.4) is 0 Å². The molecule has 0 radical (unpaired) electrons. The minimum atomic E-state index is -0.394. The van der Waals surface area contributed by atoms with E-state index in [9.17, 15) is 5.11 Å². The summed E-state index contributed by atoms with van der Waals surface area (Å²) in [5.74, 6) is 0.838. The molecule has 2 unspecified atom stereocenters. The fraction of sp³-hybridized carbons (Fsp3) is 0.600. The second-order valence-electron chi connectivity index (χ2n) is 4.55. The van der Waals surface area contributed by atoms with E-state index in [0.29, 0.717) is 0 Å². The van der Waals surface area contributed by atoms with Crippen LogP contribution in [0.25, 0.3) is 0 Å². The van der Waals surface area contributed by atoms with E-state index >= 15 is 0 Å². The third-order valence-corrected chi connectivity index (χ3v) is 3.02. The summed E-state index contributed by atoms with van der Waals surface area (Å²) < 4.78 is 5.68. The number of aryl methyl sites for hydroxylation is 1. The van der Waals surface area contributed by atoms with Crippen molar-refractivity contribution in [3.8, 4) is 5.75 Å². The Kier molecular flexibility index (Phi) is 6.06. The van der Waals surface area contributed by atoms with Gasteiger partial charge in [0.25, 0.3) is 0 Å². The molecule has 2 nitrogen and oxygen atoms in total. The van der Waals surface area contributed by atoms with Crippen molar-refractivity contribution in [2.24, 2.45) is 0 Å². The number of unbranched alkanes of at least 4 members (excludes halogenated alkanes) is 1. The third kappa shape index (κ3) is 4.78. The van der Waals surface area contributed by atoms with Crippen LogP contribution in [0.2, 0.25) is 0 Å². The molecule has 1 aromatic rings. The van der Waals surface area contributed by atoms with Crippen molar-refractivity contribution in [1.82, 2.24) is 0 Å². The zero-order valence-electron chi connectivity index (χ0n) is 11.1. The van der Waals surface area contributed by atoms with Gasteiger partial charge in [-0.05, 0) is 43.9 Å². The summed E-state index contributed by atoms with van der Waals surface area (Å²) in [5, 5.41) is 9.63. The monoisotopic (exact) mass is 236 g/mol. The van der Waals surface area contributed by atoms with Crippen molar-refractivity contribution in [3.63, 3.8) is 0 Å². The lowest BCUT2D eigenvalue weighted by molar-refractivity contribution is 0.0451. The van der Waals surface area contributed by atoms with Crippen LogP contribution in [0.4, 0.5) is 0 Å². The number of benzene rings is 1. The molecule has 0 fully saturated rings. The van der Waals surface area contributed by atoms with Crippen molar-refractivity contribution in [2.75, 3.05) is 0 Å². The molecule has 0 aromatic heterocycles. The maximum atomic E-state index is 9.63. The van der Waals surface area contributed by atoms with Crippen LogP contribution in [-0.2, 0) is 6.42 Å². The minimum absolute atomic E-state index is 0.151. The summed E-state index contributed by atoms with van der Waals surface area (Å²) in [4.78, 5) is 0. The molecule has 0 heterocycles. The van der Waals surface area contributed by atoms with Crippen LogP contribution in [0.15, 0.2) is 24.3 Å². The Balaban J connectivity index is 2.50. The Labute approximate surface area is 105 Å². The van der Waals surface area contributed by atoms with Crippen molar-refractivity contribution in [1.29, 1.82) is 0 Å². The van der Waals surface area contributed by atoms with Gasteiger partial charge in [0.1, 0.15) is 11.9 Å². The summed E-state index contributed by atoms with van der Waals surface area (Å²) in [7, 11) is 0. The van der Waals surface area contributed by atoms with E-state index in [1.165, 1.54) is 18.4 Å². The molecule has 1 aromatic carbocycles. The smallest absolute Gasteiger partial charge is 0.122 e. The lowest BCUT2D eigenvalue weighted by atomic mass is 10.1. The lowest BCUT2D eigenvalue weighted by Gasteiger charge is -2.19. The Morgan fingerprint density at radius 2 is 1.82 bits per heavy atom. The first-order chi connectivity index (χ1) is 8.17. The van der Waals surface area contributed by atoms with Gasteiger partial charge in [-0.25, -0.2) is 0 Å². The van der Waals surface area contributed by atoms with E-state index in [2.05, 4.69) is 19.1 Å². The van der Waals surface area contributed by atoms with E-state index in [4.69, 9.17) is 4.74 Å². The van der Waals surface area contributed by atoms with Gasteiger partial charge in [0.2, 0.25) is 0 Å². The SMILES string of the molecule is CCCCc1ccc(OC(C)C(O)CC)cc1. The molecule has 0 saturated carbocycles. The first-order valence-corrected chi connectivity index (χ1v) is 6.61. The average Bonchev–Trinajstić information content (AvgIpc) is 2.37. The van der Waals surface area contributed by atoms with Gasteiger partial charge in [-0.2, -0.15) is 0 Å². The largest absolute Gasteiger partial charge is 0.488 e. The molecule has 96 valence electrons. The van der Waals surface area contributed by atoms with Crippen LogP contribution in [0.5, 0.6) is 5.75 Å². The van der Waals surface area contributed by atoms with Crippen LogP contribution < -0.4 is 4.74 Å². The number of ether oxygens (including phenoxy) is 1. The quantitative estimate of drug-likeness (QED) is 0.784. The van der Waals surface area contributed by atoms with Gasteiger partial charge in [0, 0.05) is 0 Å². The molecule has 0 aliphatic heterocycles. The van der Waals surface area contributed by atoms with Gasteiger partial charge in [0.15, 0.2) is 0 Å². The predicted molar refractivity (Wildman–Crippen MR) is 71.4 cm³/mol. The van der Waals surface area contributed by atoms with E-state index in [1.54, 1.807) is 0 Å². The van der Waals surface area contributed by atoms with Crippen LogP contribution in [0.1, 0.15) is 45.6 Å². The van der Waals surface area contributed by atoms with Crippen molar-refractivity contribution >= 4 is 0 Å². The Morgan fingerprint density at radius 3 is 2.35 bits per heavy atom. The molecule has 1 rings (SSSR count). The van der Waals surface area contributed by atoms with E-state index in [0.717, 1.165) is 18.6 Å². The molecular weight excluding hydrogens is 212 g/mol. The van der Waals surface area contributed by atoms with Crippen LogP contribution in [0, 0.1) is 0 Å². The molecule has 2 heteroatoms. The molecule has 0 saturated heterocycles. The van der Waals surface area contributed by atoms with Gasteiger partial charge >= 0.3 is 0 Å². The minimum Gasteiger partial charge on any atom is -0.488 e. The second-order valence-corrected chi connectivity index (χ2v) is 4.55. The summed E-state index contributed by atoms with van der Waals surface area (Å²) in [6, 6.07) is 8.19. The number of hydrogen-bond acceptors (Lipinski definition) is 2. The highest BCUT2D eigenvalue weighted by Crippen LogP contribution is 2.16.